The highest BCUT2D eigenvalue weighted by Crippen LogP contribution is 2.43. The lowest BCUT2D eigenvalue weighted by Gasteiger charge is -2.24. The average Bonchev–Trinajstić information content (AvgIpc) is 3.70. The van der Waals surface area contributed by atoms with Crippen molar-refractivity contribution in [3.63, 3.8) is 0 Å². The summed E-state index contributed by atoms with van der Waals surface area (Å²) < 4.78 is 34.8. The molecule has 2 unspecified atom stereocenters. The summed E-state index contributed by atoms with van der Waals surface area (Å²) in [7, 11) is 1.48. The summed E-state index contributed by atoms with van der Waals surface area (Å²) in [6.45, 7) is 4.35. The van der Waals surface area contributed by atoms with Crippen molar-refractivity contribution in [3.05, 3.63) is 97.2 Å². The quantitative estimate of drug-likeness (QED) is 0.0211. The highest BCUT2D eigenvalue weighted by molar-refractivity contribution is 7.47. The van der Waals surface area contributed by atoms with Gasteiger partial charge in [-0.3, -0.25) is 18.6 Å². The SMILES string of the molecule is CC/C=C\C/C=C\C/C=C\C/C=C\C/C=C\C/C=C\CCCCCCCCCCCCCCCCC(=O)OC(COC(=O)CCCCCCCCCCCCCCCCCCC/C=C\C/C=C\CCCCCCC)COP(=O)(O)OCC[N+](C)(C)C. The summed E-state index contributed by atoms with van der Waals surface area (Å²) >= 11 is 0. The highest BCUT2D eigenvalue weighted by atomic mass is 31.2. The van der Waals surface area contributed by atoms with Crippen molar-refractivity contribution in [1.82, 2.24) is 0 Å². The molecule has 0 rings (SSSR count). The molecule has 0 saturated carbocycles. The Morgan fingerprint density at radius 2 is 0.663 bits per heavy atom. The summed E-state index contributed by atoms with van der Waals surface area (Å²) in [6, 6.07) is 0. The van der Waals surface area contributed by atoms with Gasteiger partial charge in [-0.2, -0.15) is 0 Å². The molecule has 0 aromatic rings. The van der Waals surface area contributed by atoms with Gasteiger partial charge in [-0.15, -0.1) is 0 Å². The maximum absolute atomic E-state index is 12.9. The number of carbonyl (C=O) groups is 2. The first-order valence-corrected chi connectivity index (χ1v) is 37.5. The molecule has 0 aliphatic heterocycles. The molecule has 0 saturated heterocycles. The van der Waals surface area contributed by atoms with Gasteiger partial charge in [0.25, 0.3) is 0 Å². The molecule has 0 aromatic carbocycles. The maximum Gasteiger partial charge on any atom is 0.472 e. The van der Waals surface area contributed by atoms with Crippen molar-refractivity contribution in [2.24, 2.45) is 0 Å². The number of ether oxygens (including phenoxy) is 2. The predicted octanol–water partition coefficient (Wildman–Crippen LogP) is 23.5. The number of unbranched alkanes of at least 4 members (excludes halogenated alkanes) is 36. The Hall–Kier alpha value is -3.07. The molecule has 0 bridgehead atoms. The number of hydrogen-bond acceptors (Lipinski definition) is 7. The van der Waals surface area contributed by atoms with Gasteiger partial charge >= 0.3 is 19.8 Å². The molecule has 86 heavy (non-hydrogen) atoms. The predicted molar refractivity (Wildman–Crippen MR) is 372 cm³/mol. The van der Waals surface area contributed by atoms with Crippen LogP contribution in [0.2, 0.25) is 0 Å². The number of hydrogen-bond donors (Lipinski definition) is 1. The normalized spacial score (nSPS) is 13.7. The summed E-state index contributed by atoms with van der Waals surface area (Å²) in [5.41, 5.74) is 0. The Bertz CT molecular complexity index is 1770. The van der Waals surface area contributed by atoms with Crippen LogP contribution in [0, 0.1) is 0 Å². The topological polar surface area (TPSA) is 108 Å². The van der Waals surface area contributed by atoms with Gasteiger partial charge in [0.15, 0.2) is 6.10 Å². The monoisotopic (exact) mass is 1220 g/mol. The van der Waals surface area contributed by atoms with E-state index in [1.54, 1.807) is 0 Å². The van der Waals surface area contributed by atoms with Gasteiger partial charge < -0.3 is 18.9 Å². The minimum Gasteiger partial charge on any atom is -0.462 e. The Kier molecular flexibility index (Phi) is 64.0. The summed E-state index contributed by atoms with van der Waals surface area (Å²) in [4.78, 5) is 35.9. The van der Waals surface area contributed by atoms with E-state index in [1.165, 1.54) is 205 Å². The number of allylic oxidation sites excluding steroid dienone is 16. The van der Waals surface area contributed by atoms with Crippen LogP contribution in [0.3, 0.4) is 0 Å². The molecule has 10 heteroatoms. The zero-order valence-corrected chi connectivity index (χ0v) is 57.7. The lowest BCUT2D eigenvalue weighted by molar-refractivity contribution is -0.870. The first kappa shape index (κ1) is 82.9. The van der Waals surface area contributed by atoms with Gasteiger partial charge in [0.2, 0.25) is 0 Å². The molecule has 9 nitrogen and oxygen atoms in total. The Labute approximate surface area is 532 Å². The molecule has 0 aliphatic carbocycles. The maximum atomic E-state index is 12.9. The summed E-state index contributed by atoms with van der Waals surface area (Å²) in [5, 5.41) is 0. The Balaban J connectivity index is 4.03. The zero-order valence-electron chi connectivity index (χ0n) is 56.8. The van der Waals surface area contributed by atoms with Gasteiger partial charge in [-0.25, -0.2) is 4.57 Å². The third kappa shape index (κ3) is 70.0. The fraction of sp³-hybridized carbons (Fsp3) is 0.763. The van der Waals surface area contributed by atoms with Gasteiger partial charge in [0.1, 0.15) is 19.8 Å². The lowest BCUT2D eigenvalue weighted by atomic mass is 10.0. The van der Waals surface area contributed by atoms with E-state index >= 15 is 0 Å². The van der Waals surface area contributed by atoms with E-state index in [9.17, 15) is 19.0 Å². The number of rotatable bonds is 66. The fourth-order valence-corrected chi connectivity index (χ4v) is 10.9. The third-order valence-corrected chi connectivity index (χ3v) is 16.6. The van der Waals surface area contributed by atoms with Gasteiger partial charge in [-0.05, 0) is 96.3 Å². The standard InChI is InChI=1S/C76H136NO8P/c1-6-8-10-12-14-16-18-20-22-24-26-28-30-32-34-36-37-38-39-41-43-45-47-49-51-53-55-57-59-61-63-65-67-69-76(79)85-74(73-84-86(80,81)83-71-70-77(3,4)5)72-82-75(78)68-66-64-62-60-58-56-54-52-50-48-46-44-42-40-35-33-31-29-27-25-23-21-19-17-15-13-11-9-7-2/h8,10,14,16,19-22,25-28,32,34,37-38,74H,6-7,9,11-13,15,17-18,23-24,29-31,33,35-36,39-73H2,1-5H3/p+1/b10-8-,16-14-,21-19-,22-20-,27-25-,28-26-,34-32-,38-37-. The molecule has 0 spiro atoms. The summed E-state index contributed by atoms with van der Waals surface area (Å²) in [6.07, 6.45) is 92.3. The molecule has 0 heterocycles. The van der Waals surface area contributed by atoms with E-state index in [0.717, 1.165) is 83.5 Å². The van der Waals surface area contributed by atoms with E-state index in [1.807, 2.05) is 21.1 Å². The number of likely N-dealkylation sites (N-methyl/N-ethyl adjacent to an activating group) is 1. The van der Waals surface area contributed by atoms with Crippen LogP contribution in [-0.4, -0.2) is 74.9 Å². The number of quaternary nitrogens is 1. The average molecular weight is 1220 g/mol. The Morgan fingerprint density at radius 3 is 0.988 bits per heavy atom. The van der Waals surface area contributed by atoms with Crippen LogP contribution in [-0.2, 0) is 32.7 Å². The second-order valence-corrected chi connectivity index (χ2v) is 26.7. The fourth-order valence-electron chi connectivity index (χ4n) is 10.1. The van der Waals surface area contributed by atoms with Crippen LogP contribution in [0.25, 0.3) is 0 Å². The van der Waals surface area contributed by atoms with Crippen molar-refractivity contribution in [1.29, 1.82) is 0 Å². The first-order valence-electron chi connectivity index (χ1n) is 36.0. The molecular formula is C76H137NO8P+. The smallest absolute Gasteiger partial charge is 0.462 e. The van der Waals surface area contributed by atoms with Gasteiger partial charge in [-0.1, -0.05) is 310 Å². The second-order valence-electron chi connectivity index (χ2n) is 25.2. The van der Waals surface area contributed by atoms with Crippen molar-refractivity contribution in [2.45, 2.75) is 328 Å². The third-order valence-electron chi connectivity index (χ3n) is 15.6. The molecule has 0 amide bonds. The number of carbonyl (C=O) groups excluding carboxylic acids is 2. The van der Waals surface area contributed by atoms with E-state index in [-0.39, 0.29) is 32.0 Å². The molecule has 0 aromatic heterocycles. The van der Waals surface area contributed by atoms with E-state index in [4.69, 9.17) is 18.5 Å². The van der Waals surface area contributed by atoms with Crippen molar-refractivity contribution >= 4 is 19.8 Å². The van der Waals surface area contributed by atoms with Gasteiger partial charge in [0.05, 0.1) is 27.7 Å². The van der Waals surface area contributed by atoms with Crippen LogP contribution in [0.15, 0.2) is 97.2 Å². The van der Waals surface area contributed by atoms with Crippen molar-refractivity contribution in [2.75, 3.05) is 47.5 Å². The highest BCUT2D eigenvalue weighted by Gasteiger charge is 2.27. The molecular weight excluding hydrogens is 1090 g/mol. The molecule has 0 aliphatic rings. The number of nitrogens with zero attached hydrogens (tertiary/aromatic N) is 1. The Morgan fingerprint density at radius 1 is 0.372 bits per heavy atom. The number of phosphoric ester groups is 1. The molecule has 2 atom stereocenters. The first-order chi connectivity index (χ1) is 42.0. The summed E-state index contributed by atoms with van der Waals surface area (Å²) in [5.74, 6) is -0.788. The van der Waals surface area contributed by atoms with Gasteiger partial charge in [0, 0.05) is 12.8 Å². The minimum absolute atomic E-state index is 0.0298. The minimum atomic E-state index is -4.40. The van der Waals surface area contributed by atoms with Crippen LogP contribution in [0.1, 0.15) is 322 Å². The zero-order chi connectivity index (χ0) is 62.6. The van der Waals surface area contributed by atoms with Crippen LogP contribution >= 0.6 is 7.82 Å². The molecule has 1 N–H and O–H groups in total. The van der Waals surface area contributed by atoms with E-state index in [0.29, 0.717) is 17.4 Å². The number of esters is 2. The lowest BCUT2D eigenvalue weighted by Crippen LogP contribution is -2.37. The van der Waals surface area contributed by atoms with E-state index in [2.05, 4.69) is 111 Å². The van der Waals surface area contributed by atoms with Crippen LogP contribution in [0.4, 0.5) is 0 Å². The molecule has 0 radical (unpaired) electrons. The van der Waals surface area contributed by atoms with E-state index < -0.39 is 26.5 Å². The van der Waals surface area contributed by atoms with Crippen LogP contribution < -0.4 is 0 Å². The van der Waals surface area contributed by atoms with Crippen molar-refractivity contribution in [3.8, 4) is 0 Å². The molecule has 498 valence electrons. The molecule has 0 fully saturated rings. The number of phosphoric acid groups is 1. The van der Waals surface area contributed by atoms with Crippen molar-refractivity contribution < 1.29 is 42.1 Å². The second kappa shape index (κ2) is 66.4. The largest absolute Gasteiger partial charge is 0.472 e. The van der Waals surface area contributed by atoms with Crippen LogP contribution in [0.5, 0.6) is 0 Å².